The molecule has 2 rings (SSSR count). The molecule has 2 fully saturated rings. The van der Waals surface area contributed by atoms with Crippen LogP contribution in [0.5, 0.6) is 0 Å². The number of nitrogens with one attached hydrogen (secondary N) is 2. The first-order valence-corrected chi connectivity index (χ1v) is 7.83. The number of amides is 2. The van der Waals surface area contributed by atoms with Crippen LogP contribution in [0.3, 0.4) is 0 Å². The number of rotatable bonds is 5. The minimum atomic E-state index is -0.777. The van der Waals surface area contributed by atoms with Crippen LogP contribution in [0.2, 0.25) is 0 Å². The molecule has 0 aromatic heterocycles. The molecule has 0 aliphatic carbocycles. The highest BCUT2D eigenvalue weighted by Crippen LogP contribution is 2.19. The van der Waals surface area contributed by atoms with Gasteiger partial charge in [0.05, 0.1) is 0 Å². The number of nitrogens with zero attached hydrogens (tertiary/aromatic N) is 2. The normalized spacial score (nSPS) is 23.8. The lowest BCUT2D eigenvalue weighted by atomic mass is 9.95. The Morgan fingerprint density at radius 1 is 1.24 bits per heavy atom. The number of piperidine rings is 1. The molecule has 0 saturated carbocycles. The fourth-order valence-corrected chi connectivity index (χ4v) is 3.03. The Balaban J connectivity index is 1.66. The lowest BCUT2D eigenvalue weighted by Gasteiger charge is -2.32. The van der Waals surface area contributed by atoms with E-state index >= 15 is 0 Å². The third-order valence-electron chi connectivity index (χ3n) is 4.18. The summed E-state index contributed by atoms with van der Waals surface area (Å²) in [6.07, 6.45) is 1.95. The second kappa shape index (κ2) is 8.19. The van der Waals surface area contributed by atoms with Gasteiger partial charge in [0.1, 0.15) is 0 Å². The van der Waals surface area contributed by atoms with E-state index in [1.54, 1.807) is 4.90 Å². The molecule has 0 spiro atoms. The largest absolute Gasteiger partial charge is 0.481 e. The lowest BCUT2D eigenvalue weighted by molar-refractivity contribution is -0.138. The van der Waals surface area contributed by atoms with Gasteiger partial charge in [-0.15, -0.1) is 0 Å². The highest BCUT2D eigenvalue weighted by molar-refractivity contribution is 5.74. The maximum Gasteiger partial charge on any atom is 0.317 e. The van der Waals surface area contributed by atoms with Crippen molar-refractivity contribution in [2.24, 2.45) is 5.92 Å². The van der Waals surface area contributed by atoms with E-state index < -0.39 is 5.97 Å². The number of aliphatic carboxylic acids is 1. The molecule has 1 atom stereocenters. The number of urea groups is 1. The van der Waals surface area contributed by atoms with Crippen molar-refractivity contribution in [3.8, 4) is 0 Å². The Bertz CT molecular complexity index is 358. The summed E-state index contributed by atoms with van der Waals surface area (Å²) in [5.41, 5.74) is 0. The molecule has 0 aromatic rings. The molecule has 2 saturated heterocycles. The highest BCUT2D eigenvalue weighted by atomic mass is 16.4. The molecule has 2 amide bonds. The van der Waals surface area contributed by atoms with E-state index in [0.717, 1.165) is 52.1 Å². The summed E-state index contributed by atoms with van der Waals surface area (Å²) in [4.78, 5) is 27.0. The number of carbonyl (C=O) groups excluding carboxylic acids is 1. The third-order valence-corrected chi connectivity index (χ3v) is 4.18. The first-order valence-electron chi connectivity index (χ1n) is 7.83. The fraction of sp³-hybridized carbons (Fsp3) is 0.857. The van der Waals surface area contributed by atoms with E-state index in [1.165, 1.54) is 0 Å². The van der Waals surface area contributed by atoms with Crippen molar-refractivity contribution in [3.63, 3.8) is 0 Å². The van der Waals surface area contributed by atoms with E-state index in [0.29, 0.717) is 13.1 Å². The van der Waals surface area contributed by atoms with Gasteiger partial charge in [-0.2, -0.15) is 0 Å². The quantitative estimate of drug-likeness (QED) is 0.654. The van der Waals surface area contributed by atoms with Crippen LogP contribution in [0.1, 0.15) is 19.3 Å². The van der Waals surface area contributed by atoms with Crippen LogP contribution in [-0.4, -0.2) is 79.3 Å². The van der Waals surface area contributed by atoms with Crippen LogP contribution in [0.15, 0.2) is 0 Å². The molecule has 1 unspecified atom stereocenters. The average Bonchev–Trinajstić information content (AvgIpc) is 2.48. The summed E-state index contributed by atoms with van der Waals surface area (Å²) in [5.74, 6) is -0.684. The van der Waals surface area contributed by atoms with E-state index in [4.69, 9.17) is 5.11 Å². The van der Waals surface area contributed by atoms with Gasteiger partial charge in [0.15, 0.2) is 0 Å². The third kappa shape index (κ3) is 5.51. The SMILES string of the molecule is O=C(O)CC1CCCN(C(=O)NCCN2CCNCC2)C1. The summed E-state index contributed by atoms with van der Waals surface area (Å²) in [6.45, 7) is 6.90. The zero-order valence-electron chi connectivity index (χ0n) is 12.5. The van der Waals surface area contributed by atoms with Crippen LogP contribution in [0.4, 0.5) is 4.79 Å². The van der Waals surface area contributed by atoms with Gasteiger partial charge in [-0.05, 0) is 18.8 Å². The summed E-state index contributed by atoms with van der Waals surface area (Å²) < 4.78 is 0. The second-order valence-corrected chi connectivity index (χ2v) is 5.88. The predicted molar refractivity (Wildman–Crippen MR) is 79.3 cm³/mol. The Hall–Kier alpha value is -1.34. The van der Waals surface area contributed by atoms with Gasteiger partial charge >= 0.3 is 12.0 Å². The number of carboxylic acids is 1. The minimum Gasteiger partial charge on any atom is -0.481 e. The van der Waals surface area contributed by atoms with Crippen molar-refractivity contribution < 1.29 is 14.7 Å². The van der Waals surface area contributed by atoms with Crippen molar-refractivity contribution in [1.29, 1.82) is 0 Å². The van der Waals surface area contributed by atoms with E-state index in [9.17, 15) is 9.59 Å². The maximum absolute atomic E-state index is 12.1. The summed E-state index contributed by atoms with van der Waals surface area (Å²) in [7, 11) is 0. The van der Waals surface area contributed by atoms with Crippen LogP contribution < -0.4 is 10.6 Å². The number of carbonyl (C=O) groups is 2. The second-order valence-electron chi connectivity index (χ2n) is 5.88. The Morgan fingerprint density at radius 2 is 2.00 bits per heavy atom. The van der Waals surface area contributed by atoms with Crippen molar-refractivity contribution in [2.75, 3.05) is 52.4 Å². The van der Waals surface area contributed by atoms with Gasteiger partial charge in [-0.3, -0.25) is 9.69 Å². The molecular formula is C14H26N4O3. The summed E-state index contributed by atoms with van der Waals surface area (Å²) in [6, 6.07) is -0.0553. The Kier molecular flexibility index (Phi) is 6.25. The fourth-order valence-electron chi connectivity index (χ4n) is 3.03. The van der Waals surface area contributed by atoms with Gasteiger partial charge in [0, 0.05) is 58.8 Å². The highest BCUT2D eigenvalue weighted by Gasteiger charge is 2.25. The summed E-state index contributed by atoms with van der Waals surface area (Å²) >= 11 is 0. The van der Waals surface area contributed by atoms with Crippen molar-refractivity contribution in [1.82, 2.24) is 20.4 Å². The topological polar surface area (TPSA) is 84.9 Å². The van der Waals surface area contributed by atoms with Crippen LogP contribution >= 0.6 is 0 Å². The number of hydrogen-bond donors (Lipinski definition) is 3. The van der Waals surface area contributed by atoms with Gasteiger partial charge in [0.2, 0.25) is 0 Å². The molecule has 2 aliphatic rings. The zero-order valence-corrected chi connectivity index (χ0v) is 12.5. The molecule has 2 heterocycles. The number of carboxylic acid groups (broad SMARTS) is 1. The lowest BCUT2D eigenvalue weighted by Crippen LogP contribution is -2.49. The molecule has 7 heteroatoms. The molecule has 0 bridgehead atoms. The standard InChI is InChI=1S/C14H26N4O3/c19-13(20)10-12-2-1-6-18(11-12)14(21)16-5-9-17-7-3-15-4-8-17/h12,15H,1-11H2,(H,16,21)(H,19,20). The number of hydrogen-bond acceptors (Lipinski definition) is 4. The Morgan fingerprint density at radius 3 is 2.71 bits per heavy atom. The zero-order chi connectivity index (χ0) is 15.1. The smallest absolute Gasteiger partial charge is 0.317 e. The molecule has 0 aromatic carbocycles. The van der Waals surface area contributed by atoms with Gasteiger partial charge in [-0.1, -0.05) is 0 Å². The predicted octanol–water partition coefficient (Wildman–Crippen LogP) is -0.212. The molecule has 120 valence electrons. The minimum absolute atomic E-state index is 0.0553. The van der Waals surface area contributed by atoms with Crippen LogP contribution in [0.25, 0.3) is 0 Å². The van der Waals surface area contributed by atoms with Gasteiger partial charge in [-0.25, -0.2) is 4.79 Å². The Labute approximate surface area is 125 Å². The van der Waals surface area contributed by atoms with Crippen molar-refractivity contribution in [3.05, 3.63) is 0 Å². The molecule has 21 heavy (non-hydrogen) atoms. The molecule has 2 aliphatic heterocycles. The van der Waals surface area contributed by atoms with Crippen LogP contribution in [0, 0.1) is 5.92 Å². The maximum atomic E-state index is 12.1. The first-order chi connectivity index (χ1) is 10.1. The number of likely N-dealkylation sites (tertiary alicyclic amines) is 1. The van der Waals surface area contributed by atoms with Crippen molar-refractivity contribution in [2.45, 2.75) is 19.3 Å². The summed E-state index contributed by atoms with van der Waals surface area (Å²) in [5, 5.41) is 15.1. The van der Waals surface area contributed by atoms with Gasteiger partial charge < -0.3 is 20.6 Å². The molecule has 3 N–H and O–H groups in total. The van der Waals surface area contributed by atoms with E-state index in [1.807, 2.05) is 0 Å². The first kappa shape index (κ1) is 16.0. The van der Waals surface area contributed by atoms with Crippen molar-refractivity contribution >= 4 is 12.0 Å². The van der Waals surface area contributed by atoms with Gasteiger partial charge in [0.25, 0.3) is 0 Å². The monoisotopic (exact) mass is 298 g/mol. The molecule has 0 radical (unpaired) electrons. The molecular weight excluding hydrogens is 272 g/mol. The molecule has 7 nitrogen and oxygen atoms in total. The average molecular weight is 298 g/mol. The van der Waals surface area contributed by atoms with E-state index in [2.05, 4.69) is 15.5 Å². The van der Waals surface area contributed by atoms with Crippen LogP contribution in [-0.2, 0) is 4.79 Å². The van der Waals surface area contributed by atoms with E-state index in [-0.39, 0.29) is 18.4 Å². The number of piperazine rings is 1.